The number of piperidine rings is 1. The number of rotatable bonds is 8. The Morgan fingerprint density at radius 2 is 1.77 bits per heavy atom. The summed E-state index contributed by atoms with van der Waals surface area (Å²) < 4.78 is 38.9. The van der Waals surface area contributed by atoms with Gasteiger partial charge in [-0.15, -0.1) is 0 Å². The third-order valence-corrected chi connectivity index (χ3v) is 7.88. The van der Waals surface area contributed by atoms with Crippen molar-refractivity contribution in [1.82, 2.24) is 9.62 Å². The van der Waals surface area contributed by atoms with E-state index in [0.29, 0.717) is 56.6 Å². The average Bonchev–Trinajstić information content (AvgIpc) is 2.98. The number of carbonyl (C=O) groups is 1. The quantitative estimate of drug-likeness (QED) is 0.652. The number of ether oxygens (including phenoxy) is 2. The maximum Gasteiger partial charge on any atom is 0.243 e. The number of hydrogen-bond acceptors (Lipinski definition) is 5. The van der Waals surface area contributed by atoms with E-state index in [0.717, 1.165) is 25.7 Å². The highest BCUT2D eigenvalue weighted by molar-refractivity contribution is 7.89. The molecule has 1 saturated heterocycles. The first-order valence-electron chi connectivity index (χ1n) is 11.5. The van der Waals surface area contributed by atoms with Gasteiger partial charge in [0, 0.05) is 37.5 Å². The van der Waals surface area contributed by atoms with Crippen LogP contribution < -0.4 is 14.8 Å². The highest BCUT2D eigenvalue weighted by atomic mass is 32.2. The largest absolute Gasteiger partial charge is 0.490 e. The van der Waals surface area contributed by atoms with E-state index in [9.17, 15) is 13.2 Å². The summed E-state index contributed by atoms with van der Waals surface area (Å²) in [5.74, 6) is 1.63. The molecule has 174 valence electrons. The van der Waals surface area contributed by atoms with Crippen LogP contribution in [0.15, 0.2) is 23.1 Å². The number of carbonyl (C=O) groups excluding carboxylic acids is 1. The molecule has 7 nitrogen and oxygen atoms in total. The van der Waals surface area contributed by atoms with Crippen LogP contribution in [0.5, 0.6) is 11.5 Å². The zero-order valence-corrected chi connectivity index (χ0v) is 19.7. The minimum absolute atomic E-state index is 0.0460. The Balaban J connectivity index is 1.54. The van der Waals surface area contributed by atoms with Crippen LogP contribution in [0.3, 0.4) is 0 Å². The molecule has 3 rings (SSSR count). The molecule has 2 heterocycles. The van der Waals surface area contributed by atoms with E-state index in [1.54, 1.807) is 18.2 Å². The van der Waals surface area contributed by atoms with Crippen molar-refractivity contribution in [2.75, 3.05) is 26.3 Å². The minimum Gasteiger partial charge on any atom is -0.490 e. The van der Waals surface area contributed by atoms with Crippen molar-refractivity contribution in [2.45, 2.75) is 70.2 Å². The topological polar surface area (TPSA) is 84.9 Å². The molecule has 0 radical (unpaired) electrons. The number of nitrogens with zero attached hydrogens (tertiary/aromatic N) is 1. The van der Waals surface area contributed by atoms with Crippen molar-refractivity contribution in [1.29, 1.82) is 0 Å². The summed E-state index contributed by atoms with van der Waals surface area (Å²) in [7, 11) is -3.63. The van der Waals surface area contributed by atoms with Crippen LogP contribution in [-0.4, -0.2) is 51.0 Å². The molecule has 0 aromatic heterocycles. The van der Waals surface area contributed by atoms with Crippen LogP contribution >= 0.6 is 0 Å². The second kappa shape index (κ2) is 10.7. The van der Waals surface area contributed by atoms with Gasteiger partial charge < -0.3 is 14.8 Å². The Bertz CT molecular complexity index is 848. The van der Waals surface area contributed by atoms with Crippen LogP contribution in [-0.2, 0) is 14.8 Å². The predicted molar refractivity (Wildman–Crippen MR) is 120 cm³/mol. The standard InChI is InChI=1S/C23H36N2O5S/c1-17(2)6-4-7-18(3)24-23(26)19-10-12-25(13-11-19)31(27,28)20-8-9-21-22(16-20)30-15-5-14-29-21/h8-9,16-19H,4-7,10-15H2,1-3H3,(H,24,26). The molecular formula is C23H36N2O5S. The zero-order valence-electron chi connectivity index (χ0n) is 18.9. The summed E-state index contributed by atoms with van der Waals surface area (Å²) in [4.78, 5) is 12.8. The molecular weight excluding hydrogens is 416 g/mol. The fraction of sp³-hybridized carbons (Fsp3) is 0.696. The van der Waals surface area contributed by atoms with E-state index in [-0.39, 0.29) is 22.8 Å². The van der Waals surface area contributed by atoms with E-state index in [4.69, 9.17) is 9.47 Å². The molecule has 1 amide bonds. The Morgan fingerprint density at radius 1 is 1.10 bits per heavy atom. The molecule has 31 heavy (non-hydrogen) atoms. The van der Waals surface area contributed by atoms with Crippen LogP contribution in [0.4, 0.5) is 0 Å². The van der Waals surface area contributed by atoms with Gasteiger partial charge in [0.15, 0.2) is 11.5 Å². The first kappa shape index (κ1) is 23.9. The smallest absolute Gasteiger partial charge is 0.243 e. The molecule has 2 aliphatic heterocycles. The molecule has 1 unspecified atom stereocenters. The van der Waals surface area contributed by atoms with Gasteiger partial charge in [-0.05, 0) is 44.2 Å². The molecule has 1 N–H and O–H groups in total. The molecule has 8 heteroatoms. The SMILES string of the molecule is CC(C)CCCC(C)NC(=O)C1CCN(S(=O)(=O)c2ccc3c(c2)OCCCO3)CC1. The summed E-state index contributed by atoms with van der Waals surface area (Å²) in [6.07, 6.45) is 5.08. The van der Waals surface area contributed by atoms with Crippen molar-refractivity contribution in [3.8, 4) is 11.5 Å². The lowest BCUT2D eigenvalue weighted by atomic mass is 9.96. The monoisotopic (exact) mass is 452 g/mol. The fourth-order valence-electron chi connectivity index (χ4n) is 4.08. The normalized spacial score (nSPS) is 19.1. The Labute approximate surface area is 186 Å². The lowest BCUT2D eigenvalue weighted by Crippen LogP contribution is -2.44. The van der Waals surface area contributed by atoms with Gasteiger partial charge >= 0.3 is 0 Å². The van der Waals surface area contributed by atoms with E-state index >= 15 is 0 Å². The summed E-state index contributed by atoms with van der Waals surface area (Å²) in [5, 5.41) is 3.11. The first-order chi connectivity index (χ1) is 14.8. The van der Waals surface area contributed by atoms with Gasteiger partial charge in [0.2, 0.25) is 15.9 Å². The number of benzene rings is 1. The highest BCUT2D eigenvalue weighted by Gasteiger charge is 2.33. The molecule has 1 aromatic rings. The van der Waals surface area contributed by atoms with Crippen LogP contribution in [0, 0.1) is 11.8 Å². The van der Waals surface area contributed by atoms with Crippen molar-refractivity contribution in [2.24, 2.45) is 11.8 Å². The number of amides is 1. The van der Waals surface area contributed by atoms with E-state index in [1.807, 2.05) is 6.92 Å². The molecule has 0 spiro atoms. The molecule has 1 fully saturated rings. The van der Waals surface area contributed by atoms with Crippen LogP contribution in [0.1, 0.15) is 59.3 Å². The van der Waals surface area contributed by atoms with Gasteiger partial charge in [-0.2, -0.15) is 4.31 Å². The molecule has 0 saturated carbocycles. The third-order valence-electron chi connectivity index (χ3n) is 5.99. The van der Waals surface area contributed by atoms with E-state index < -0.39 is 10.0 Å². The molecule has 2 aliphatic rings. The second-order valence-corrected chi connectivity index (χ2v) is 11.0. The Hall–Kier alpha value is -1.80. The van der Waals surface area contributed by atoms with Crippen molar-refractivity contribution < 1.29 is 22.7 Å². The average molecular weight is 453 g/mol. The van der Waals surface area contributed by atoms with E-state index in [1.165, 1.54) is 4.31 Å². The zero-order chi connectivity index (χ0) is 22.4. The first-order valence-corrected chi connectivity index (χ1v) is 12.9. The van der Waals surface area contributed by atoms with Crippen molar-refractivity contribution in [3.63, 3.8) is 0 Å². The van der Waals surface area contributed by atoms with Crippen LogP contribution in [0.2, 0.25) is 0 Å². The maximum atomic E-state index is 13.1. The van der Waals surface area contributed by atoms with Crippen LogP contribution in [0.25, 0.3) is 0 Å². The maximum absolute atomic E-state index is 13.1. The molecule has 0 bridgehead atoms. The van der Waals surface area contributed by atoms with Gasteiger partial charge in [-0.25, -0.2) is 8.42 Å². The highest BCUT2D eigenvalue weighted by Crippen LogP contribution is 2.33. The number of sulfonamides is 1. The molecule has 1 aromatic carbocycles. The van der Waals surface area contributed by atoms with Crippen molar-refractivity contribution >= 4 is 15.9 Å². The third kappa shape index (κ3) is 6.35. The predicted octanol–water partition coefficient (Wildman–Crippen LogP) is 3.58. The van der Waals surface area contributed by atoms with Crippen molar-refractivity contribution in [3.05, 3.63) is 18.2 Å². The number of fused-ring (bicyclic) bond motifs is 1. The molecule has 1 atom stereocenters. The lowest BCUT2D eigenvalue weighted by Gasteiger charge is -2.31. The summed E-state index contributed by atoms with van der Waals surface area (Å²) >= 11 is 0. The van der Waals surface area contributed by atoms with Gasteiger partial charge in [0.25, 0.3) is 0 Å². The Kier molecular flexibility index (Phi) is 8.22. The summed E-state index contributed by atoms with van der Waals surface area (Å²) in [5.41, 5.74) is 0. The van der Waals surface area contributed by atoms with Gasteiger partial charge in [-0.1, -0.05) is 26.7 Å². The van der Waals surface area contributed by atoms with Gasteiger partial charge in [0.05, 0.1) is 18.1 Å². The van der Waals surface area contributed by atoms with E-state index in [2.05, 4.69) is 19.2 Å². The van der Waals surface area contributed by atoms with Gasteiger partial charge in [0.1, 0.15) is 0 Å². The second-order valence-electron chi connectivity index (χ2n) is 9.07. The fourth-order valence-corrected chi connectivity index (χ4v) is 5.56. The molecule has 0 aliphatic carbocycles. The summed E-state index contributed by atoms with van der Waals surface area (Å²) in [6.45, 7) is 8.21. The summed E-state index contributed by atoms with van der Waals surface area (Å²) in [6, 6.07) is 4.93. The minimum atomic E-state index is -3.63. The van der Waals surface area contributed by atoms with Gasteiger partial charge in [-0.3, -0.25) is 4.79 Å². The number of hydrogen-bond donors (Lipinski definition) is 1. The Morgan fingerprint density at radius 3 is 2.45 bits per heavy atom. The number of nitrogens with one attached hydrogen (secondary N) is 1. The lowest BCUT2D eigenvalue weighted by molar-refractivity contribution is -0.126.